The van der Waals surface area contributed by atoms with Gasteiger partial charge >= 0.3 is 0 Å². The molecule has 0 saturated carbocycles. The number of anilines is 1. The maximum absolute atomic E-state index is 12.3. The summed E-state index contributed by atoms with van der Waals surface area (Å²) < 4.78 is 0. The van der Waals surface area contributed by atoms with Gasteiger partial charge in [0, 0.05) is 23.0 Å². The van der Waals surface area contributed by atoms with Crippen LogP contribution in [0.25, 0.3) is 10.2 Å². The number of thiophene rings is 1. The van der Waals surface area contributed by atoms with Gasteiger partial charge in [-0.25, -0.2) is 4.98 Å². The molecule has 3 aromatic heterocycles. The average Bonchev–Trinajstić information content (AvgIpc) is 2.88. The molecule has 0 bridgehead atoms. The molecule has 0 radical (unpaired) electrons. The van der Waals surface area contributed by atoms with Gasteiger partial charge in [-0.2, -0.15) is 0 Å². The zero-order valence-electron chi connectivity index (χ0n) is 14.1. The fourth-order valence-corrected chi connectivity index (χ4v) is 4.13. The Kier molecular flexibility index (Phi) is 5.19. The number of carbonyl (C=O) groups excluding carboxylic acids is 1. The number of hydrogen-bond donors (Lipinski definition) is 2. The number of nitrogens with zero attached hydrogens (tertiary/aromatic N) is 2. The predicted octanol–water partition coefficient (Wildman–Crippen LogP) is 3.26. The highest BCUT2D eigenvalue weighted by atomic mass is 32.2. The largest absolute Gasteiger partial charge is 0.325 e. The lowest BCUT2D eigenvalue weighted by Crippen LogP contribution is -2.23. The number of aromatic nitrogens is 3. The van der Waals surface area contributed by atoms with Gasteiger partial charge in [0.2, 0.25) is 5.91 Å². The van der Waals surface area contributed by atoms with E-state index in [0.29, 0.717) is 22.7 Å². The van der Waals surface area contributed by atoms with Crippen molar-refractivity contribution in [3.05, 3.63) is 51.1 Å². The fourth-order valence-electron chi connectivity index (χ4n) is 2.33. The molecule has 130 valence electrons. The molecule has 0 aliphatic rings. The van der Waals surface area contributed by atoms with Gasteiger partial charge in [-0.15, -0.1) is 23.1 Å². The highest BCUT2D eigenvalue weighted by Gasteiger charge is 2.16. The fraction of sp³-hybridized carbons (Fsp3) is 0.294. The van der Waals surface area contributed by atoms with Crippen LogP contribution in [-0.4, -0.2) is 26.1 Å². The second kappa shape index (κ2) is 7.37. The Morgan fingerprint density at radius 1 is 1.36 bits per heavy atom. The van der Waals surface area contributed by atoms with Crippen LogP contribution in [-0.2, 0) is 10.5 Å². The lowest BCUT2D eigenvalue weighted by molar-refractivity contribution is -0.115. The molecule has 0 aliphatic heterocycles. The number of hydrogen-bond acceptors (Lipinski definition) is 6. The summed E-state index contributed by atoms with van der Waals surface area (Å²) in [5, 5.41) is 3.23. The minimum Gasteiger partial charge on any atom is -0.325 e. The van der Waals surface area contributed by atoms with E-state index in [9.17, 15) is 9.59 Å². The van der Waals surface area contributed by atoms with E-state index in [1.807, 2.05) is 20.8 Å². The molecule has 6 nitrogen and oxygen atoms in total. The quantitative estimate of drug-likeness (QED) is 0.716. The summed E-state index contributed by atoms with van der Waals surface area (Å²) in [6.07, 6.45) is 3.25. The SMILES string of the molecule is Cc1sc2nc(CSC(C)C(=O)Nc3ccncc3)[nH]c(=O)c2c1C. The van der Waals surface area contributed by atoms with Gasteiger partial charge < -0.3 is 10.3 Å². The first kappa shape index (κ1) is 17.6. The maximum atomic E-state index is 12.3. The van der Waals surface area contributed by atoms with Crippen LogP contribution < -0.4 is 10.9 Å². The van der Waals surface area contributed by atoms with Crippen LogP contribution in [0.4, 0.5) is 5.69 Å². The predicted molar refractivity (Wildman–Crippen MR) is 103 cm³/mol. The number of H-pyrrole nitrogens is 1. The van der Waals surface area contributed by atoms with Gasteiger partial charge in [0.25, 0.3) is 5.56 Å². The zero-order valence-corrected chi connectivity index (χ0v) is 15.8. The van der Waals surface area contributed by atoms with Crippen LogP contribution in [0.1, 0.15) is 23.2 Å². The molecule has 0 aliphatic carbocycles. The third kappa shape index (κ3) is 3.91. The number of aryl methyl sites for hydroxylation is 2. The number of nitrogens with one attached hydrogen (secondary N) is 2. The van der Waals surface area contributed by atoms with Crippen LogP contribution in [0.5, 0.6) is 0 Å². The minimum absolute atomic E-state index is 0.0950. The molecule has 3 aromatic rings. The van der Waals surface area contributed by atoms with E-state index < -0.39 is 0 Å². The van der Waals surface area contributed by atoms with Gasteiger partial charge in [0.05, 0.1) is 16.4 Å². The topological polar surface area (TPSA) is 87.7 Å². The van der Waals surface area contributed by atoms with E-state index in [0.717, 1.165) is 15.3 Å². The molecule has 0 aromatic carbocycles. The number of carbonyl (C=O) groups is 1. The van der Waals surface area contributed by atoms with E-state index in [1.54, 1.807) is 24.5 Å². The molecular weight excluding hydrogens is 356 g/mol. The Morgan fingerprint density at radius 3 is 2.80 bits per heavy atom. The van der Waals surface area contributed by atoms with Gasteiger partial charge in [-0.3, -0.25) is 14.6 Å². The second-order valence-electron chi connectivity index (χ2n) is 5.65. The Morgan fingerprint density at radius 2 is 2.08 bits per heavy atom. The zero-order chi connectivity index (χ0) is 18.0. The molecular formula is C17H18N4O2S2. The van der Waals surface area contributed by atoms with Crippen molar-refractivity contribution < 1.29 is 4.79 Å². The average molecular weight is 374 g/mol. The third-order valence-corrected chi connectivity index (χ3v) is 6.13. The van der Waals surface area contributed by atoms with Crippen molar-refractivity contribution in [3.8, 4) is 0 Å². The number of amides is 1. The number of fused-ring (bicyclic) bond motifs is 1. The highest BCUT2D eigenvalue weighted by molar-refractivity contribution is 7.99. The lowest BCUT2D eigenvalue weighted by atomic mass is 10.2. The summed E-state index contributed by atoms with van der Waals surface area (Å²) in [7, 11) is 0. The third-order valence-electron chi connectivity index (χ3n) is 3.88. The Balaban J connectivity index is 1.68. The maximum Gasteiger partial charge on any atom is 0.259 e. The summed E-state index contributed by atoms with van der Waals surface area (Å²) in [6, 6.07) is 3.48. The molecule has 3 rings (SSSR count). The van der Waals surface area contributed by atoms with Crippen LogP contribution in [0.2, 0.25) is 0 Å². The Hall–Kier alpha value is -2.19. The molecule has 25 heavy (non-hydrogen) atoms. The minimum atomic E-state index is -0.277. The highest BCUT2D eigenvalue weighted by Crippen LogP contribution is 2.26. The number of aromatic amines is 1. The van der Waals surface area contributed by atoms with Gasteiger partial charge in [-0.05, 0) is 38.5 Å². The van der Waals surface area contributed by atoms with Gasteiger partial charge in [0.15, 0.2) is 0 Å². The second-order valence-corrected chi connectivity index (χ2v) is 8.19. The van der Waals surface area contributed by atoms with Crippen molar-refractivity contribution in [1.82, 2.24) is 15.0 Å². The molecule has 8 heteroatoms. The Bertz CT molecular complexity index is 966. The molecule has 1 unspecified atom stereocenters. The molecule has 3 heterocycles. The van der Waals surface area contributed by atoms with Crippen molar-refractivity contribution in [2.45, 2.75) is 31.8 Å². The van der Waals surface area contributed by atoms with Crippen LogP contribution in [0, 0.1) is 13.8 Å². The first-order chi connectivity index (χ1) is 12.0. The summed E-state index contributed by atoms with van der Waals surface area (Å²) >= 11 is 2.95. The molecule has 0 spiro atoms. The van der Waals surface area contributed by atoms with Crippen molar-refractivity contribution in [1.29, 1.82) is 0 Å². The molecule has 1 amide bonds. The van der Waals surface area contributed by atoms with E-state index >= 15 is 0 Å². The first-order valence-electron chi connectivity index (χ1n) is 7.77. The van der Waals surface area contributed by atoms with Crippen LogP contribution in [0.3, 0.4) is 0 Å². The van der Waals surface area contributed by atoms with Crippen LogP contribution in [0.15, 0.2) is 29.3 Å². The van der Waals surface area contributed by atoms with Crippen molar-refractivity contribution in [2.75, 3.05) is 5.32 Å². The summed E-state index contributed by atoms with van der Waals surface area (Å²) in [4.78, 5) is 37.6. The monoisotopic (exact) mass is 374 g/mol. The first-order valence-corrected chi connectivity index (χ1v) is 9.63. The van der Waals surface area contributed by atoms with Crippen molar-refractivity contribution in [2.24, 2.45) is 0 Å². The lowest BCUT2D eigenvalue weighted by Gasteiger charge is -2.11. The van der Waals surface area contributed by atoms with Gasteiger partial charge in [-0.1, -0.05) is 0 Å². The van der Waals surface area contributed by atoms with Crippen LogP contribution >= 0.6 is 23.1 Å². The van der Waals surface area contributed by atoms with E-state index in [-0.39, 0.29) is 16.7 Å². The Labute approximate surface area is 153 Å². The van der Waals surface area contributed by atoms with E-state index in [4.69, 9.17) is 0 Å². The standard InChI is InChI=1S/C17H18N4O2S2/c1-9-10(2)25-17-14(9)16(23)20-13(21-17)8-24-11(3)15(22)19-12-4-6-18-7-5-12/h4-7,11H,8H2,1-3H3,(H,18,19,22)(H,20,21,23). The van der Waals surface area contributed by atoms with Crippen molar-refractivity contribution >= 4 is 44.9 Å². The number of rotatable bonds is 5. The van der Waals surface area contributed by atoms with E-state index in [1.165, 1.54) is 23.1 Å². The summed E-state index contributed by atoms with van der Waals surface area (Å²) in [5.74, 6) is 0.960. The summed E-state index contributed by atoms with van der Waals surface area (Å²) in [6.45, 7) is 5.75. The normalized spacial score (nSPS) is 12.3. The molecule has 2 N–H and O–H groups in total. The molecule has 0 saturated heterocycles. The molecule has 1 atom stereocenters. The summed E-state index contributed by atoms with van der Waals surface area (Å²) in [5.41, 5.74) is 1.58. The number of thioether (sulfide) groups is 1. The smallest absolute Gasteiger partial charge is 0.259 e. The van der Waals surface area contributed by atoms with Gasteiger partial charge in [0.1, 0.15) is 10.7 Å². The molecule has 0 fully saturated rings. The van der Waals surface area contributed by atoms with Crippen molar-refractivity contribution in [3.63, 3.8) is 0 Å². The van der Waals surface area contributed by atoms with E-state index in [2.05, 4.69) is 20.3 Å². The number of pyridine rings is 1.